The van der Waals surface area contributed by atoms with E-state index in [1.807, 2.05) is 18.2 Å². The second-order valence-electron chi connectivity index (χ2n) is 5.99. The quantitative estimate of drug-likeness (QED) is 0.469. The molecule has 3 aromatic carbocycles. The van der Waals surface area contributed by atoms with E-state index in [2.05, 4.69) is 5.32 Å². The fraction of sp³-hybridized carbons (Fsp3) is 0. The first-order valence-electron chi connectivity index (χ1n) is 8.39. The zero-order valence-electron chi connectivity index (χ0n) is 15.0. The van der Waals surface area contributed by atoms with Gasteiger partial charge in [0.1, 0.15) is 11.5 Å². The number of aromatic carboxylic acids is 2. The molecule has 0 bridgehead atoms. The Hall–Kier alpha value is -4.33. The average molecular weight is 392 g/mol. The van der Waals surface area contributed by atoms with Crippen molar-refractivity contribution in [3.05, 3.63) is 83.4 Å². The van der Waals surface area contributed by atoms with Crippen LogP contribution >= 0.6 is 0 Å². The van der Waals surface area contributed by atoms with Crippen LogP contribution in [0.4, 0.5) is 11.4 Å². The predicted octanol–water partition coefficient (Wildman–Crippen LogP) is 3.71. The number of nitrogens with one attached hydrogen (secondary N) is 1. The van der Waals surface area contributed by atoms with Crippen molar-refractivity contribution < 1.29 is 29.3 Å². The summed E-state index contributed by atoms with van der Waals surface area (Å²) in [6, 6.07) is 17.4. The van der Waals surface area contributed by atoms with Crippen molar-refractivity contribution in [2.45, 2.75) is 0 Å². The number of nitrogen functional groups attached to an aromatic ring is 1. The SMILES string of the molecule is Nc1cc(C(=O)O)c(C(=O)Nc2ccc(Oc3ccccc3)cc2)cc1C(=O)O. The maximum atomic E-state index is 12.6. The molecular formula is C21H16N2O6. The van der Waals surface area contributed by atoms with Crippen molar-refractivity contribution in [1.29, 1.82) is 0 Å². The Bertz CT molecular complexity index is 1080. The van der Waals surface area contributed by atoms with E-state index in [1.165, 1.54) is 0 Å². The first-order valence-corrected chi connectivity index (χ1v) is 8.39. The van der Waals surface area contributed by atoms with Gasteiger partial charge >= 0.3 is 11.9 Å². The van der Waals surface area contributed by atoms with Crippen LogP contribution in [0.25, 0.3) is 0 Å². The van der Waals surface area contributed by atoms with Crippen LogP contribution in [0.3, 0.4) is 0 Å². The molecule has 0 saturated heterocycles. The van der Waals surface area contributed by atoms with Crippen LogP contribution in [0.2, 0.25) is 0 Å². The number of carbonyl (C=O) groups excluding carboxylic acids is 1. The van der Waals surface area contributed by atoms with Crippen LogP contribution in [-0.2, 0) is 0 Å². The number of nitrogens with two attached hydrogens (primary N) is 1. The number of carbonyl (C=O) groups is 3. The first kappa shape index (κ1) is 19.4. The number of anilines is 2. The van der Waals surface area contributed by atoms with Gasteiger partial charge in [0.25, 0.3) is 5.91 Å². The molecule has 146 valence electrons. The molecule has 0 spiro atoms. The maximum absolute atomic E-state index is 12.6. The van der Waals surface area contributed by atoms with Gasteiger partial charge in [0.05, 0.1) is 16.7 Å². The second-order valence-corrected chi connectivity index (χ2v) is 5.99. The highest BCUT2D eigenvalue weighted by atomic mass is 16.5. The average Bonchev–Trinajstić information content (AvgIpc) is 2.69. The molecule has 3 aromatic rings. The molecule has 8 heteroatoms. The molecule has 8 nitrogen and oxygen atoms in total. The van der Waals surface area contributed by atoms with Crippen molar-refractivity contribution in [2.24, 2.45) is 0 Å². The van der Waals surface area contributed by atoms with Crippen molar-refractivity contribution in [3.63, 3.8) is 0 Å². The molecule has 29 heavy (non-hydrogen) atoms. The lowest BCUT2D eigenvalue weighted by Crippen LogP contribution is -2.18. The molecule has 0 fully saturated rings. The molecule has 0 aromatic heterocycles. The maximum Gasteiger partial charge on any atom is 0.337 e. The van der Waals surface area contributed by atoms with Crippen LogP contribution in [0.15, 0.2) is 66.7 Å². The van der Waals surface area contributed by atoms with Gasteiger partial charge in [-0.1, -0.05) is 18.2 Å². The van der Waals surface area contributed by atoms with Gasteiger partial charge in [0.2, 0.25) is 0 Å². The van der Waals surface area contributed by atoms with Crippen LogP contribution in [-0.4, -0.2) is 28.1 Å². The highest BCUT2D eigenvalue weighted by Gasteiger charge is 2.21. The lowest BCUT2D eigenvalue weighted by molar-refractivity contribution is 0.0680. The van der Waals surface area contributed by atoms with Gasteiger partial charge in [-0.15, -0.1) is 0 Å². The lowest BCUT2D eigenvalue weighted by Gasteiger charge is -2.11. The Balaban J connectivity index is 1.82. The third-order valence-electron chi connectivity index (χ3n) is 3.99. The number of hydrogen-bond donors (Lipinski definition) is 4. The van der Waals surface area contributed by atoms with Crippen LogP contribution in [0.1, 0.15) is 31.1 Å². The molecule has 3 rings (SSSR count). The largest absolute Gasteiger partial charge is 0.478 e. The predicted molar refractivity (Wildman–Crippen MR) is 106 cm³/mol. The minimum absolute atomic E-state index is 0.242. The third kappa shape index (κ3) is 4.51. The molecule has 0 radical (unpaired) electrons. The molecule has 0 unspecified atom stereocenters. The highest BCUT2D eigenvalue weighted by Crippen LogP contribution is 2.24. The van der Waals surface area contributed by atoms with Crippen LogP contribution in [0.5, 0.6) is 11.5 Å². The first-order chi connectivity index (χ1) is 13.8. The van der Waals surface area contributed by atoms with Gasteiger partial charge in [-0.2, -0.15) is 0 Å². The number of amides is 1. The van der Waals surface area contributed by atoms with Gasteiger partial charge in [-0.3, -0.25) is 4.79 Å². The summed E-state index contributed by atoms with van der Waals surface area (Å²) >= 11 is 0. The smallest absolute Gasteiger partial charge is 0.337 e. The Morgan fingerprint density at radius 2 is 1.34 bits per heavy atom. The van der Waals surface area contributed by atoms with Gasteiger partial charge < -0.3 is 26.0 Å². The lowest BCUT2D eigenvalue weighted by atomic mass is 10.0. The van der Waals surface area contributed by atoms with E-state index in [4.69, 9.17) is 15.6 Å². The normalized spacial score (nSPS) is 10.2. The van der Waals surface area contributed by atoms with Crippen molar-refractivity contribution >= 4 is 29.2 Å². The number of carboxylic acid groups (broad SMARTS) is 2. The zero-order chi connectivity index (χ0) is 21.0. The summed E-state index contributed by atoms with van der Waals surface area (Å²) in [7, 11) is 0. The van der Waals surface area contributed by atoms with E-state index < -0.39 is 23.4 Å². The van der Waals surface area contributed by atoms with Crippen molar-refractivity contribution in [2.75, 3.05) is 11.1 Å². The van der Waals surface area contributed by atoms with Gasteiger partial charge in [0, 0.05) is 11.4 Å². The van der Waals surface area contributed by atoms with E-state index in [0.717, 1.165) is 12.1 Å². The Kier molecular flexibility index (Phi) is 5.45. The fourth-order valence-electron chi connectivity index (χ4n) is 2.60. The van der Waals surface area contributed by atoms with E-state index in [9.17, 15) is 19.5 Å². The van der Waals surface area contributed by atoms with Crippen LogP contribution in [0, 0.1) is 0 Å². The molecule has 0 heterocycles. The van der Waals surface area contributed by atoms with E-state index in [1.54, 1.807) is 36.4 Å². The molecular weight excluding hydrogens is 376 g/mol. The second kappa shape index (κ2) is 8.13. The van der Waals surface area contributed by atoms with E-state index in [0.29, 0.717) is 17.2 Å². The summed E-state index contributed by atoms with van der Waals surface area (Å²) < 4.78 is 5.66. The Labute approximate surface area is 165 Å². The highest BCUT2D eigenvalue weighted by molar-refractivity contribution is 6.13. The van der Waals surface area contributed by atoms with Crippen LogP contribution < -0.4 is 15.8 Å². The van der Waals surface area contributed by atoms with Gasteiger partial charge in [0.15, 0.2) is 0 Å². The molecule has 5 N–H and O–H groups in total. The standard InChI is InChI=1S/C21H16N2O6/c22-18-11-16(20(25)26)15(10-17(18)21(27)28)19(24)23-12-6-8-14(9-7-12)29-13-4-2-1-3-5-13/h1-11H,22H2,(H,23,24)(H,25,26)(H,27,28). The number of benzene rings is 3. The van der Waals surface area contributed by atoms with Gasteiger partial charge in [-0.25, -0.2) is 9.59 Å². The number of rotatable bonds is 6. The molecule has 1 amide bonds. The van der Waals surface area contributed by atoms with Crippen molar-refractivity contribution in [1.82, 2.24) is 0 Å². The molecule has 0 saturated carbocycles. The topological polar surface area (TPSA) is 139 Å². The van der Waals surface area contributed by atoms with E-state index in [-0.39, 0.29) is 16.8 Å². The number of para-hydroxylation sites is 1. The van der Waals surface area contributed by atoms with E-state index >= 15 is 0 Å². The summed E-state index contributed by atoms with van der Waals surface area (Å²) in [4.78, 5) is 35.2. The Morgan fingerprint density at radius 3 is 1.93 bits per heavy atom. The summed E-state index contributed by atoms with van der Waals surface area (Å²) in [5.74, 6) is -2.34. The molecule has 0 atom stereocenters. The summed E-state index contributed by atoms with van der Waals surface area (Å²) in [6.45, 7) is 0. The molecule has 0 aliphatic rings. The number of ether oxygens (including phenoxy) is 1. The fourth-order valence-corrected chi connectivity index (χ4v) is 2.60. The Morgan fingerprint density at radius 1 is 0.759 bits per heavy atom. The molecule has 0 aliphatic carbocycles. The summed E-state index contributed by atoms with van der Waals surface area (Å²) in [6.07, 6.45) is 0. The zero-order valence-corrected chi connectivity index (χ0v) is 15.0. The summed E-state index contributed by atoms with van der Waals surface area (Å²) in [5, 5.41) is 21.0. The van der Waals surface area contributed by atoms with Crippen molar-refractivity contribution in [3.8, 4) is 11.5 Å². The number of carboxylic acids is 2. The third-order valence-corrected chi connectivity index (χ3v) is 3.99. The molecule has 0 aliphatic heterocycles. The minimum Gasteiger partial charge on any atom is -0.478 e. The monoisotopic (exact) mass is 392 g/mol. The van der Waals surface area contributed by atoms with Gasteiger partial charge in [-0.05, 0) is 48.5 Å². The minimum atomic E-state index is -1.40. The number of hydrogen-bond acceptors (Lipinski definition) is 5. The summed E-state index contributed by atoms with van der Waals surface area (Å²) in [5.41, 5.74) is 4.64.